The molecule has 0 bridgehead atoms. The molecule has 0 aliphatic carbocycles. The SMILES string of the molecule is CNC(=O)c1c(C)oc2cc(Oc3ccnn4cc(C(=O)N5CC6(CCOCC6)C5)c(C)c34)ccc12. The first kappa shape index (κ1) is 22.6. The van der Waals surface area contributed by atoms with E-state index in [1.165, 1.54) is 0 Å². The second-order valence-electron chi connectivity index (χ2n) is 9.80. The summed E-state index contributed by atoms with van der Waals surface area (Å²) in [5.41, 5.74) is 3.50. The van der Waals surface area contributed by atoms with Gasteiger partial charge in [-0.3, -0.25) is 9.59 Å². The van der Waals surface area contributed by atoms with Gasteiger partial charge in [-0.25, -0.2) is 4.52 Å². The number of ether oxygens (including phenoxy) is 2. The van der Waals surface area contributed by atoms with Gasteiger partial charge in [-0.15, -0.1) is 0 Å². The first-order valence-electron chi connectivity index (χ1n) is 12.2. The molecule has 2 saturated heterocycles. The van der Waals surface area contributed by atoms with Crippen molar-refractivity contribution in [2.75, 3.05) is 33.4 Å². The Morgan fingerprint density at radius 2 is 1.92 bits per heavy atom. The van der Waals surface area contributed by atoms with Crippen LogP contribution in [0, 0.1) is 19.3 Å². The van der Waals surface area contributed by atoms with Crippen molar-refractivity contribution in [3.63, 3.8) is 0 Å². The Morgan fingerprint density at radius 1 is 1.14 bits per heavy atom. The zero-order chi connectivity index (χ0) is 25.0. The number of hydrogen-bond acceptors (Lipinski definition) is 6. The molecule has 9 nitrogen and oxygen atoms in total. The summed E-state index contributed by atoms with van der Waals surface area (Å²) in [4.78, 5) is 27.5. The molecule has 2 aliphatic heterocycles. The van der Waals surface area contributed by atoms with E-state index in [0.29, 0.717) is 34.0 Å². The number of furan rings is 1. The van der Waals surface area contributed by atoms with Crippen LogP contribution >= 0.6 is 0 Å². The average molecular weight is 489 g/mol. The van der Waals surface area contributed by atoms with Crippen LogP contribution in [0.3, 0.4) is 0 Å². The van der Waals surface area contributed by atoms with E-state index in [9.17, 15) is 9.59 Å². The zero-order valence-electron chi connectivity index (χ0n) is 20.6. The Balaban J connectivity index is 1.29. The minimum Gasteiger partial charge on any atom is -0.460 e. The van der Waals surface area contributed by atoms with Gasteiger partial charge in [-0.2, -0.15) is 5.10 Å². The minimum atomic E-state index is -0.193. The molecule has 2 amide bonds. The Morgan fingerprint density at radius 3 is 2.67 bits per heavy atom. The summed E-state index contributed by atoms with van der Waals surface area (Å²) >= 11 is 0. The van der Waals surface area contributed by atoms with Crippen LogP contribution < -0.4 is 10.1 Å². The zero-order valence-corrected chi connectivity index (χ0v) is 20.6. The van der Waals surface area contributed by atoms with Gasteiger partial charge in [-0.1, -0.05) is 0 Å². The van der Waals surface area contributed by atoms with E-state index in [0.717, 1.165) is 55.6 Å². The van der Waals surface area contributed by atoms with Gasteiger partial charge >= 0.3 is 0 Å². The molecule has 0 saturated carbocycles. The van der Waals surface area contributed by atoms with Crippen molar-refractivity contribution in [2.45, 2.75) is 26.7 Å². The molecule has 0 atom stereocenters. The maximum atomic E-state index is 13.3. The first-order chi connectivity index (χ1) is 17.4. The Bertz CT molecular complexity index is 1500. The lowest BCUT2D eigenvalue weighted by atomic mass is 9.73. The lowest BCUT2D eigenvalue weighted by Gasteiger charge is -2.52. The largest absolute Gasteiger partial charge is 0.460 e. The van der Waals surface area contributed by atoms with E-state index in [1.54, 1.807) is 49.1 Å². The molecular weight excluding hydrogens is 460 g/mol. The molecule has 5 heterocycles. The number of nitrogens with one attached hydrogen (secondary N) is 1. The maximum Gasteiger partial charge on any atom is 0.255 e. The molecule has 9 heteroatoms. The molecule has 0 unspecified atom stereocenters. The predicted octanol–water partition coefficient (Wildman–Crippen LogP) is 4.10. The number of nitrogens with zero attached hydrogens (tertiary/aromatic N) is 3. The quantitative estimate of drug-likeness (QED) is 0.464. The highest BCUT2D eigenvalue weighted by atomic mass is 16.5. The molecule has 4 aromatic rings. The summed E-state index contributed by atoms with van der Waals surface area (Å²) in [6.45, 7) is 6.80. The highest BCUT2D eigenvalue weighted by Gasteiger charge is 2.46. The molecule has 1 aromatic carbocycles. The van der Waals surface area contributed by atoms with Gasteiger partial charge in [-0.05, 0) is 44.4 Å². The monoisotopic (exact) mass is 488 g/mol. The summed E-state index contributed by atoms with van der Waals surface area (Å²) in [7, 11) is 1.59. The van der Waals surface area contributed by atoms with E-state index in [4.69, 9.17) is 13.9 Å². The van der Waals surface area contributed by atoms with E-state index in [1.807, 2.05) is 17.9 Å². The fraction of sp³-hybridized carbons (Fsp3) is 0.370. The number of carbonyl (C=O) groups excluding carboxylic acids is 2. The number of aromatic nitrogens is 2. The standard InChI is InChI=1S/C27H28N4O5/c1-16-20(26(33)30-14-27(15-30)7-10-34-11-8-27)13-31-24(16)21(6-9-29-31)36-18-4-5-19-22(12-18)35-17(2)23(19)25(32)28-3/h4-6,9,12-13H,7-8,10-11,14-15H2,1-3H3,(H,28,32). The van der Waals surface area contributed by atoms with Crippen LogP contribution in [0.4, 0.5) is 0 Å². The van der Waals surface area contributed by atoms with Gasteiger partial charge in [0.2, 0.25) is 0 Å². The van der Waals surface area contributed by atoms with E-state index in [-0.39, 0.29) is 17.2 Å². The number of carbonyl (C=O) groups is 2. The van der Waals surface area contributed by atoms with E-state index in [2.05, 4.69) is 10.4 Å². The lowest BCUT2D eigenvalue weighted by molar-refractivity contribution is -0.0666. The van der Waals surface area contributed by atoms with Crippen LogP contribution in [0.25, 0.3) is 16.5 Å². The van der Waals surface area contributed by atoms with Crippen LogP contribution in [0.1, 0.15) is 44.9 Å². The number of fused-ring (bicyclic) bond motifs is 2. The van der Waals surface area contributed by atoms with Gasteiger partial charge in [0.15, 0.2) is 5.75 Å². The van der Waals surface area contributed by atoms with Crippen LogP contribution in [0.2, 0.25) is 0 Å². The van der Waals surface area contributed by atoms with Gasteiger partial charge in [0, 0.05) is 62.5 Å². The molecule has 0 radical (unpaired) electrons. The normalized spacial score (nSPS) is 16.9. The second kappa shape index (κ2) is 8.37. The molecule has 1 N–H and O–H groups in total. The summed E-state index contributed by atoms with van der Waals surface area (Å²) in [6.07, 6.45) is 5.45. The van der Waals surface area contributed by atoms with E-state index >= 15 is 0 Å². The van der Waals surface area contributed by atoms with Crippen LogP contribution in [0.15, 0.2) is 41.1 Å². The van der Waals surface area contributed by atoms with Crippen molar-refractivity contribution >= 4 is 28.3 Å². The van der Waals surface area contributed by atoms with Gasteiger partial charge in [0.25, 0.3) is 11.8 Å². The Hall–Kier alpha value is -3.85. The third-order valence-corrected chi connectivity index (χ3v) is 7.53. The average Bonchev–Trinajstić information content (AvgIpc) is 3.38. The van der Waals surface area contributed by atoms with Gasteiger partial charge in [0.1, 0.15) is 22.6 Å². The van der Waals surface area contributed by atoms with E-state index < -0.39 is 0 Å². The first-order valence-corrected chi connectivity index (χ1v) is 12.2. The van der Waals surface area contributed by atoms with Crippen LogP contribution in [-0.4, -0.2) is 59.7 Å². The maximum absolute atomic E-state index is 13.3. The molecule has 2 fully saturated rings. The molecule has 3 aromatic heterocycles. The number of hydrogen-bond donors (Lipinski definition) is 1. The molecule has 1 spiro atoms. The summed E-state index contributed by atoms with van der Waals surface area (Å²) in [6, 6.07) is 7.17. The number of rotatable bonds is 4. The second-order valence-corrected chi connectivity index (χ2v) is 9.80. The van der Waals surface area contributed by atoms with Gasteiger partial charge < -0.3 is 24.1 Å². The third-order valence-electron chi connectivity index (χ3n) is 7.53. The van der Waals surface area contributed by atoms with Crippen molar-refractivity contribution in [1.82, 2.24) is 19.8 Å². The number of amides is 2. The molecule has 36 heavy (non-hydrogen) atoms. The molecule has 2 aliphatic rings. The molecule has 6 rings (SSSR count). The summed E-state index contributed by atoms with van der Waals surface area (Å²) < 4.78 is 19.3. The van der Waals surface area contributed by atoms with Gasteiger partial charge in [0.05, 0.1) is 17.3 Å². The highest BCUT2D eigenvalue weighted by Crippen LogP contribution is 2.41. The predicted molar refractivity (Wildman–Crippen MR) is 133 cm³/mol. The van der Waals surface area contributed by atoms with Crippen LogP contribution in [0.5, 0.6) is 11.5 Å². The fourth-order valence-electron chi connectivity index (χ4n) is 5.52. The van der Waals surface area contributed by atoms with Crippen molar-refractivity contribution < 1.29 is 23.5 Å². The summed E-state index contributed by atoms with van der Waals surface area (Å²) in [5.74, 6) is 1.52. The topological polar surface area (TPSA) is 98.3 Å². The molecular formula is C27H28N4O5. The minimum absolute atomic E-state index is 0.0234. The third kappa shape index (κ3) is 3.53. The Kier molecular flexibility index (Phi) is 5.26. The fourth-order valence-corrected chi connectivity index (χ4v) is 5.52. The lowest BCUT2D eigenvalue weighted by Crippen LogP contribution is -2.60. The smallest absolute Gasteiger partial charge is 0.255 e. The highest BCUT2D eigenvalue weighted by molar-refractivity contribution is 6.07. The van der Waals surface area contributed by atoms with Crippen LogP contribution in [-0.2, 0) is 4.74 Å². The van der Waals surface area contributed by atoms with Crippen molar-refractivity contribution in [3.8, 4) is 11.5 Å². The number of aryl methyl sites for hydroxylation is 2. The van der Waals surface area contributed by atoms with Crippen molar-refractivity contribution in [2.24, 2.45) is 5.41 Å². The molecule has 186 valence electrons. The number of likely N-dealkylation sites (tertiary alicyclic amines) is 1. The Labute approximate surface area is 207 Å². The number of benzene rings is 1. The summed E-state index contributed by atoms with van der Waals surface area (Å²) in [5, 5.41) is 7.79. The van der Waals surface area contributed by atoms with Crippen molar-refractivity contribution in [1.29, 1.82) is 0 Å². The van der Waals surface area contributed by atoms with Crippen molar-refractivity contribution in [3.05, 3.63) is 59.1 Å².